The van der Waals surface area contributed by atoms with Crippen LogP contribution in [-0.2, 0) is 10.0 Å². The van der Waals surface area contributed by atoms with Gasteiger partial charge in [0.2, 0.25) is 10.0 Å². The summed E-state index contributed by atoms with van der Waals surface area (Å²) in [6, 6.07) is 0. The molecule has 4 heteroatoms. The Morgan fingerprint density at radius 1 is 1.30 bits per heavy atom. The lowest BCUT2D eigenvalue weighted by molar-refractivity contribution is 0.582. The number of hydrogen-bond donors (Lipinski definition) is 0. The first-order chi connectivity index (χ1) is 4.62. The molecule has 3 nitrogen and oxygen atoms in total. The van der Waals surface area contributed by atoms with Gasteiger partial charge in [-0.1, -0.05) is 19.8 Å². The maximum absolute atomic E-state index is 10.7. The van der Waals surface area contributed by atoms with Crippen molar-refractivity contribution in [1.29, 1.82) is 0 Å². The molecular formula is C6H14NO2S. The van der Waals surface area contributed by atoms with E-state index in [9.17, 15) is 8.42 Å². The molecule has 0 rings (SSSR count). The van der Waals surface area contributed by atoms with Crippen molar-refractivity contribution in [1.82, 2.24) is 4.72 Å². The summed E-state index contributed by atoms with van der Waals surface area (Å²) in [7, 11) is -1.75. The van der Waals surface area contributed by atoms with Crippen molar-refractivity contribution in [3.8, 4) is 0 Å². The Balaban J connectivity index is 3.49. The molecule has 0 aliphatic heterocycles. The first-order valence-corrected chi connectivity index (χ1v) is 5.07. The first kappa shape index (κ1) is 9.91. The molecule has 1 radical (unpaired) electrons. The third kappa shape index (κ3) is 4.76. The molecular weight excluding hydrogens is 150 g/mol. The van der Waals surface area contributed by atoms with Crippen LogP contribution in [0.4, 0.5) is 0 Å². The number of nitrogens with zero attached hydrogens (tertiary/aromatic N) is 1. The molecule has 0 spiro atoms. The van der Waals surface area contributed by atoms with E-state index in [1.807, 2.05) is 6.92 Å². The molecule has 0 aromatic rings. The maximum Gasteiger partial charge on any atom is 0.227 e. The molecule has 0 saturated carbocycles. The second-order valence-electron chi connectivity index (χ2n) is 2.18. The fraction of sp³-hybridized carbons (Fsp3) is 1.00. The minimum Gasteiger partial charge on any atom is -0.211 e. The maximum atomic E-state index is 10.7. The molecule has 0 atom stereocenters. The zero-order valence-electron chi connectivity index (χ0n) is 6.50. The fourth-order valence-electron chi connectivity index (χ4n) is 0.626. The van der Waals surface area contributed by atoms with E-state index in [0.29, 0.717) is 0 Å². The van der Waals surface area contributed by atoms with E-state index in [0.717, 1.165) is 19.3 Å². The molecule has 0 heterocycles. The van der Waals surface area contributed by atoms with E-state index in [-0.39, 0.29) is 5.75 Å². The van der Waals surface area contributed by atoms with E-state index in [2.05, 4.69) is 4.72 Å². The number of hydrogen-bond acceptors (Lipinski definition) is 2. The van der Waals surface area contributed by atoms with Gasteiger partial charge in [-0.15, -0.1) is 4.72 Å². The van der Waals surface area contributed by atoms with Crippen LogP contribution in [0.3, 0.4) is 0 Å². The van der Waals surface area contributed by atoms with Gasteiger partial charge in [-0.05, 0) is 6.42 Å². The number of sulfonamides is 1. The molecule has 10 heavy (non-hydrogen) atoms. The highest BCUT2D eigenvalue weighted by Gasteiger charge is 2.05. The topological polar surface area (TPSA) is 48.2 Å². The van der Waals surface area contributed by atoms with Crippen LogP contribution >= 0.6 is 0 Å². The van der Waals surface area contributed by atoms with Crippen LogP contribution < -0.4 is 4.72 Å². The van der Waals surface area contributed by atoms with Crippen LogP contribution in [-0.4, -0.2) is 21.2 Å². The van der Waals surface area contributed by atoms with E-state index >= 15 is 0 Å². The van der Waals surface area contributed by atoms with Gasteiger partial charge in [0.25, 0.3) is 0 Å². The van der Waals surface area contributed by atoms with Gasteiger partial charge in [-0.25, -0.2) is 8.42 Å². The van der Waals surface area contributed by atoms with Crippen molar-refractivity contribution in [2.24, 2.45) is 0 Å². The summed E-state index contributed by atoms with van der Waals surface area (Å²) in [5.41, 5.74) is 0. The van der Waals surface area contributed by atoms with Crippen LogP contribution in [0.15, 0.2) is 0 Å². The molecule has 0 N–H and O–H groups in total. The van der Waals surface area contributed by atoms with E-state index in [1.165, 1.54) is 7.05 Å². The summed E-state index contributed by atoms with van der Waals surface area (Å²) in [4.78, 5) is 0. The van der Waals surface area contributed by atoms with Gasteiger partial charge in [-0.3, -0.25) is 0 Å². The normalized spacial score (nSPS) is 11.8. The molecule has 0 aromatic carbocycles. The molecule has 0 amide bonds. The molecule has 0 saturated heterocycles. The molecule has 0 fully saturated rings. The third-order valence-electron chi connectivity index (χ3n) is 1.28. The molecule has 0 unspecified atom stereocenters. The largest absolute Gasteiger partial charge is 0.227 e. The Morgan fingerprint density at radius 2 is 1.90 bits per heavy atom. The minimum absolute atomic E-state index is 0.206. The van der Waals surface area contributed by atoms with E-state index in [4.69, 9.17) is 0 Å². The van der Waals surface area contributed by atoms with Crippen LogP contribution in [0.5, 0.6) is 0 Å². The molecule has 0 aliphatic carbocycles. The van der Waals surface area contributed by atoms with Gasteiger partial charge in [0.15, 0.2) is 0 Å². The summed E-state index contributed by atoms with van der Waals surface area (Å²) in [5, 5.41) is 0. The van der Waals surface area contributed by atoms with Gasteiger partial charge in [0.1, 0.15) is 0 Å². The van der Waals surface area contributed by atoms with Crippen LogP contribution in [0.25, 0.3) is 0 Å². The first-order valence-electron chi connectivity index (χ1n) is 3.46. The lowest BCUT2D eigenvalue weighted by Gasteiger charge is -1.97. The third-order valence-corrected chi connectivity index (χ3v) is 2.64. The van der Waals surface area contributed by atoms with Gasteiger partial charge in [0.05, 0.1) is 5.75 Å². The summed E-state index contributed by atoms with van der Waals surface area (Å²) < 4.78 is 24.7. The van der Waals surface area contributed by atoms with Crippen molar-refractivity contribution in [2.45, 2.75) is 26.2 Å². The van der Waals surface area contributed by atoms with E-state index in [1.54, 1.807) is 0 Å². The zero-order chi connectivity index (χ0) is 8.04. The predicted octanol–water partition coefficient (Wildman–Crippen LogP) is 0.741. The van der Waals surface area contributed by atoms with Crippen molar-refractivity contribution in [3.63, 3.8) is 0 Å². The molecule has 61 valence electrons. The van der Waals surface area contributed by atoms with Crippen molar-refractivity contribution in [3.05, 3.63) is 0 Å². The van der Waals surface area contributed by atoms with Crippen LogP contribution in [0, 0.1) is 0 Å². The average molecular weight is 164 g/mol. The minimum atomic E-state index is -3.07. The lowest BCUT2D eigenvalue weighted by Crippen LogP contribution is -2.15. The average Bonchev–Trinajstić information content (AvgIpc) is 1.89. The SMILES string of the molecule is CCCCCS(=O)(=O)[N]C. The van der Waals surface area contributed by atoms with Gasteiger partial charge >= 0.3 is 0 Å². The molecule has 0 bridgehead atoms. The second kappa shape index (κ2) is 4.68. The fourth-order valence-corrected chi connectivity index (χ4v) is 1.38. The number of unbranched alkanes of at least 4 members (excludes halogenated alkanes) is 2. The standard InChI is InChI=1S/C6H14NO2S/c1-3-4-5-6-10(8,9)7-2/h3-6H2,1-2H3. The Labute approximate surface area is 62.9 Å². The van der Waals surface area contributed by atoms with Crippen LogP contribution in [0.1, 0.15) is 26.2 Å². The second-order valence-corrected chi connectivity index (χ2v) is 4.11. The Morgan fingerprint density at radius 3 is 2.30 bits per heavy atom. The van der Waals surface area contributed by atoms with Gasteiger partial charge < -0.3 is 0 Å². The van der Waals surface area contributed by atoms with E-state index < -0.39 is 10.0 Å². The van der Waals surface area contributed by atoms with Crippen molar-refractivity contribution >= 4 is 10.0 Å². The predicted molar refractivity (Wildman–Crippen MR) is 41.4 cm³/mol. The molecule has 0 aromatic heterocycles. The monoisotopic (exact) mass is 164 g/mol. The smallest absolute Gasteiger partial charge is 0.211 e. The van der Waals surface area contributed by atoms with Gasteiger partial charge in [0, 0.05) is 7.05 Å². The Bertz CT molecular complexity index is 163. The quantitative estimate of drug-likeness (QED) is 0.563. The lowest BCUT2D eigenvalue weighted by atomic mass is 10.3. The van der Waals surface area contributed by atoms with Crippen molar-refractivity contribution < 1.29 is 8.42 Å². The zero-order valence-corrected chi connectivity index (χ0v) is 7.32. The van der Waals surface area contributed by atoms with Crippen molar-refractivity contribution in [2.75, 3.05) is 12.8 Å². The summed E-state index contributed by atoms with van der Waals surface area (Å²) in [6.45, 7) is 2.04. The summed E-state index contributed by atoms with van der Waals surface area (Å²) >= 11 is 0. The Kier molecular flexibility index (Phi) is 4.64. The highest BCUT2D eigenvalue weighted by molar-refractivity contribution is 7.89. The highest BCUT2D eigenvalue weighted by atomic mass is 32.2. The van der Waals surface area contributed by atoms with Crippen LogP contribution in [0.2, 0.25) is 0 Å². The number of rotatable bonds is 5. The summed E-state index contributed by atoms with van der Waals surface area (Å²) in [6.07, 6.45) is 2.74. The molecule has 0 aliphatic rings. The highest BCUT2D eigenvalue weighted by Crippen LogP contribution is 1.97. The Hall–Kier alpha value is -0.0900. The summed E-state index contributed by atoms with van der Waals surface area (Å²) in [5.74, 6) is 0.206. The van der Waals surface area contributed by atoms with Gasteiger partial charge in [-0.2, -0.15) is 0 Å².